The van der Waals surface area contributed by atoms with E-state index in [2.05, 4.69) is 49.4 Å². The molecular formula is C16H14BrN3. The molecule has 0 saturated carbocycles. The number of rotatable bonds is 4. The molecule has 1 aromatic carbocycles. The van der Waals surface area contributed by atoms with E-state index in [1.54, 1.807) is 0 Å². The molecule has 100 valence electrons. The van der Waals surface area contributed by atoms with Crippen molar-refractivity contribution in [2.24, 2.45) is 0 Å². The Bertz CT molecular complexity index is 713. The van der Waals surface area contributed by atoms with Crippen LogP contribution in [0.2, 0.25) is 0 Å². The number of hydrogen-bond donors (Lipinski definition) is 1. The predicted molar refractivity (Wildman–Crippen MR) is 84.2 cm³/mol. The molecule has 0 atom stereocenters. The summed E-state index contributed by atoms with van der Waals surface area (Å²) in [5, 5.41) is 4.55. The summed E-state index contributed by atoms with van der Waals surface area (Å²) in [5.41, 5.74) is 3.28. The first kappa shape index (κ1) is 13.2. The van der Waals surface area contributed by atoms with Crippen LogP contribution in [0.4, 0.5) is 0 Å². The maximum absolute atomic E-state index is 4.48. The number of aromatic nitrogens is 2. The van der Waals surface area contributed by atoms with Crippen molar-refractivity contribution in [2.45, 2.75) is 13.1 Å². The van der Waals surface area contributed by atoms with Crippen LogP contribution in [0.3, 0.4) is 0 Å². The minimum absolute atomic E-state index is 0.755. The highest BCUT2D eigenvalue weighted by atomic mass is 79.9. The molecule has 0 saturated heterocycles. The van der Waals surface area contributed by atoms with Crippen LogP contribution >= 0.6 is 15.9 Å². The Balaban J connectivity index is 1.77. The van der Waals surface area contributed by atoms with E-state index in [1.165, 1.54) is 5.56 Å². The fraction of sp³-hybridized carbons (Fsp3) is 0.125. The number of benzene rings is 1. The van der Waals surface area contributed by atoms with Gasteiger partial charge < -0.3 is 5.32 Å². The predicted octanol–water partition coefficient (Wildman–Crippen LogP) is 3.68. The largest absolute Gasteiger partial charge is 0.307 e. The van der Waals surface area contributed by atoms with Gasteiger partial charge in [-0.2, -0.15) is 0 Å². The molecule has 1 N–H and O–H groups in total. The number of pyridine rings is 2. The summed E-state index contributed by atoms with van der Waals surface area (Å²) >= 11 is 3.57. The summed E-state index contributed by atoms with van der Waals surface area (Å²) in [5.74, 6) is 0. The van der Waals surface area contributed by atoms with E-state index in [9.17, 15) is 0 Å². The van der Waals surface area contributed by atoms with Crippen LogP contribution in [0, 0.1) is 0 Å². The SMILES string of the molecule is Brc1ccc(CNCc2ccccn2)c2ncccc12. The smallest absolute Gasteiger partial charge is 0.0758 e. The average molecular weight is 328 g/mol. The van der Waals surface area contributed by atoms with Gasteiger partial charge in [0.2, 0.25) is 0 Å². The van der Waals surface area contributed by atoms with Crippen molar-refractivity contribution in [3.63, 3.8) is 0 Å². The van der Waals surface area contributed by atoms with Crippen LogP contribution in [0.5, 0.6) is 0 Å². The van der Waals surface area contributed by atoms with Crippen molar-refractivity contribution in [2.75, 3.05) is 0 Å². The summed E-state index contributed by atoms with van der Waals surface area (Å²) in [7, 11) is 0. The van der Waals surface area contributed by atoms with Gasteiger partial charge in [-0.25, -0.2) is 0 Å². The molecule has 0 radical (unpaired) electrons. The van der Waals surface area contributed by atoms with Gasteiger partial charge in [0.15, 0.2) is 0 Å². The number of nitrogens with zero attached hydrogens (tertiary/aromatic N) is 2. The molecule has 20 heavy (non-hydrogen) atoms. The third kappa shape index (κ3) is 2.86. The number of fused-ring (bicyclic) bond motifs is 1. The van der Waals surface area contributed by atoms with Crippen molar-refractivity contribution in [1.29, 1.82) is 0 Å². The Hall–Kier alpha value is -1.78. The summed E-state index contributed by atoms with van der Waals surface area (Å²) < 4.78 is 1.08. The molecule has 0 bridgehead atoms. The van der Waals surface area contributed by atoms with Crippen LogP contribution in [0.15, 0.2) is 59.3 Å². The van der Waals surface area contributed by atoms with Gasteiger partial charge in [-0.05, 0) is 29.8 Å². The Labute approximate surface area is 126 Å². The Morgan fingerprint density at radius 1 is 0.900 bits per heavy atom. The first-order valence-electron chi connectivity index (χ1n) is 6.47. The summed E-state index contributed by atoms with van der Waals surface area (Å²) in [6.07, 6.45) is 3.64. The lowest BCUT2D eigenvalue weighted by molar-refractivity contribution is 0.682. The fourth-order valence-electron chi connectivity index (χ4n) is 2.17. The van der Waals surface area contributed by atoms with Crippen molar-refractivity contribution in [1.82, 2.24) is 15.3 Å². The van der Waals surface area contributed by atoms with Crippen LogP contribution < -0.4 is 5.32 Å². The van der Waals surface area contributed by atoms with Gasteiger partial charge in [-0.3, -0.25) is 9.97 Å². The van der Waals surface area contributed by atoms with E-state index in [4.69, 9.17) is 0 Å². The van der Waals surface area contributed by atoms with E-state index >= 15 is 0 Å². The van der Waals surface area contributed by atoms with E-state index < -0.39 is 0 Å². The van der Waals surface area contributed by atoms with Crippen molar-refractivity contribution < 1.29 is 0 Å². The fourth-order valence-corrected chi connectivity index (χ4v) is 2.62. The molecule has 3 aromatic rings. The van der Waals surface area contributed by atoms with Gasteiger partial charge in [-0.1, -0.05) is 34.1 Å². The van der Waals surface area contributed by atoms with E-state index in [0.29, 0.717) is 0 Å². The van der Waals surface area contributed by atoms with Gasteiger partial charge >= 0.3 is 0 Å². The lowest BCUT2D eigenvalue weighted by atomic mass is 10.1. The van der Waals surface area contributed by atoms with Crippen molar-refractivity contribution in [3.05, 3.63) is 70.6 Å². The first-order chi connectivity index (χ1) is 9.84. The quantitative estimate of drug-likeness (QED) is 0.794. The van der Waals surface area contributed by atoms with Crippen LogP contribution in [0.1, 0.15) is 11.3 Å². The highest BCUT2D eigenvalue weighted by Gasteiger charge is 2.05. The van der Waals surface area contributed by atoms with Gasteiger partial charge in [-0.15, -0.1) is 0 Å². The second-order valence-electron chi connectivity index (χ2n) is 4.53. The lowest BCUT2D eigenvalue weighted by Crippen LogP contribution is -2.14. The number of halogens is 1. The van der Waals surface area contributed by atoms with Crippen LogP contribution in [0.25, 0.3) is 10.9 Å². The molecular weight excluding hydrogens is 314 g/mol. The van der Waals surface area contributed by atoms with E-state index in [1.807, 2.05) is 36.7 Å². The molecule has 0 aliphatic heterocycles. The van der Waals surface area contributed by atoms with Gasteiger partial charge in [0.1, 0.15) is 0 Å². The maximum Gasteiger partial charge on any atom is 0.0758 e. The third-order valence-corrected chi connectivity index (χ3v) is 3.84. The maximum atomic E-state index is 4.48. The second-order valence-corrected chi connectivity index (χ2v) is 5.39. The molecule has 2 heterocycles. The van der Waals surface area contributed by atoms with E-state index in [-0.39, 0.29) is 0 Å². The lowest BCUT2D eigenvalue weighted by Gasteiger charge is -2.08. The zero-order valence-electron chi connectivity index (χ0n) is 10.9. The molecule has 0 fully saturated rings. The Morgan fingerprint density at radius 3 is 2.65 bits per heavy atom. The van der Waals surface area contributed by atoms with E-state index in [0.717, 1.165) is 34.2 Å². The molecule has 4 heteroatoms. The average Bonchev–Trinajstić information content (AvgIpc) is 2.51. The molecule has 3 nitrogen and oxygen atoms in total. The molecule has 0 spiro atoms. The van der Waals surface area contributed by atoms with Gasteiger partial charge in [0, 0.05) is 35.3 Å². The zero-order chi connectivity index (χ0) is 13.8. The zero-order valence-corrected chi connectivity index (χ0v) is 12.5. The first-order valence-corrected chi connectivity index (χ1v) is 7.26. The highest BCUT2D eigenvalue weighted by Crippen LogP contribution is 2.25. The summed E-state index contributed by atoms with van der Waals surface area (Å²) in [4.78, 5) is 8.78. The standard InChI is InChI=1S/C16H14BrN3/c17-15-7-6-12(16-14(15)5-3-9-20-16)10-18-11-13-4-1-2-8-19-13/h1-9,18H,10-11H2. The van der Waals surface area contributed by atoms with Crippen LogP contribution in [-0.2, 0) is 13.1 Å². The summed E-state index contributed by atoms with van der Waals surface area (Å²) in [6.45, 7) is 1.53. The van der Waals surface area contributed by atoms with Gasteiger partial charge in [0.05, 0.1) is 11.2 Å². The third-order valence-electron chi connectivity index (χ3n) is 3.15. The molecule has 2 aromatic heterocycles. The van der Waals surface area contributed by atoms with Crippen molar-refractivity contribution >= 4 is 26.8 Å². The molecule has 3 rings (SSSR count). The molecule has 0 amide bonds. The summed E-state index contributed by atoms with van der Waals surface area (Å²) in [6, 6.07) is 14.2. The minimum Gasteiger partial charge on any atom is -0.307 e. The van der Waals surface area contributed by atoms with Crippen LogP contribution in [-0.4, -0.2) is 9.97 Å². The van der Waals surface area contributed by atoms with Crippen molar-refractivity contribution in [3.8, 4) is 0 Å². The molecule has 0 aliphatic carbocycles. The Kier molecular flexibility index (Phi) is 4.04. The highest BCUT2D eigenvalue weighted by molar-refractivity contribution is 9.10. The monoisotopic (exact) mass is 327 g/mol. The normalized spacial score (nSPS) is 10.8. The molecule has 0 aliphatic rings. The minimum atomic E-state index is 0.755. The number of nitrogens with one attached hydrogen (secondary N) is 1. The van der Waals surface area contributed by atoms with Gasteiger partial charge in [0.25, 0.3) is 0 Å². The molecule has 0 unspecified atom stereocenters. The second kappa shape index (κ2) is 6.11. The Morgan fingerprint density at radius 2 is 1.80 bits per heavy atom. The number of hydrogen-bond acceptors (Lipinski definition) is 3. The topological polar surface area (TPSA) is 37.8 Å².